The van der Waals surface area contributed by atoms with Crippen molar-refractivity contribution in [2.24, 2.45) is 23.2 Å². The van der Waals surface area contributed by atoms with Gasteiger partial charge in [-0.15, -0.1) is 0 Å². The molecule has 3 atom stereocenters. The third kappa shape index (κ3) is 3.06. The van der Waals surface area contributed by atoms with Crippen molar-refractivity contribution < 1.29 is 9.84 Å². The quantitative estimate of drug-likeness (QED) is 0.838. The zero-order valence-corrected chi connectivity index (χ0v) is 13.7. The van der Waals surface area contributed by atoms with Gasteiger partial charge in [-0.05, 0) is 61.7 Å². The fourth-order valence-corrected chi connectivity index (χ4v) is 5.72. The zero-order chi connectivity index (χ0) is 14.6. The summed E-state index contributed by atoms with van der Waals surface area (Å²) in [7, 11) is 0. The number of hydrogen-bond acceptors (Lipinski definition) is 2. The largest absolute Gasteiger partial charge is 0.390 e. The van der Waals surface area contributed by atoms with E-state index < -0.39 is 5.60 Å². The van der Waals surface area contributed by atoms with Crippen LogP contribution in [0.15, 0.2) is 0 Å². The Morgan fingerprint density at radius 3 is 2.25 bits per heavy atom. The van der Waals surface area contributed by atoms with Gasteiger partial charge >= 0.3 is 0 Å². The van der Waals surface area contributed by atoms with Gasteiger partial charge in [0.1, 0.15) is 0 Å². The van der Waals surface area contributed by atoms with Gasteiger partial charge in [0.05, 0.1) is 11.2 Å². The summed E-state index contributed by atoms with van der Waals surface area (Å²) in [5.74, 6) is 2.05. The van der Waals surface area contributed by atoms with Crippen molar-refractivity contribution in [2.75, 3.05) is 6.61 Å². The molecule has 4 rings (SSSR count). The molecule has 4 fully saturated rings. The van der Waals surface area contributed by atoms with Crippen LogP contribution in [0, 0.1) is 23.2 Å². The molecule has 0 saturated heterocycles. The lowest BCUT2D eigenvalue weighted by molar-refractivity contribution is -0.223. The Hall–Kier alpha value is -0.0800. The van der Waals surface area contributed by atoms with Crippen LogP contribution in [-0.2, 0) is 4.74 Å². The molecule has 3 unspecified atom stereocenters. The Bertz CT molecular complexity index is 354. The van der Waals surface area contributed by atoms with Crippen LogP contribution in [-0.4, -0.2) is 22.9 Å². The first-order valence-corrected chi connectivity index (χ1v) is 8.53. The summed E-state index contributed by atoms with van der Waals surface area (Å²) < 4.78 is 6.46. The molecule has 20 heavy (non-hydrogen) atoms. The van der Waals surface area contributed by atoms with Crippen molar-refractivity contribution in [3.8, 4) is 0 Å². The van der Waals surface area contributed by atoms with Crippen molar-refractivity contribution in [1.82, 2.24) is 0 Å². The first kappa shape index (κ1) is 14.8. The molecule has 4 aliphatic carbocycles. The standard InChI is InChI=1S/C18H32O2/c1-13(6-16(2,3)4)11-20-18-9-14-5-15(10-18)8-17(19,7-14)12-18/h13-15,19H,5-12H2,1-4H3. The summed E-state index contributed by atoms with van der Waals surface area (Å²) in [6.45, 7) is 10.1. The molecule has 0 aromatic carbocycles. The molecule has 2 heteroatoms. The van der Waals surface area contributed by atoms with Crippen molar-refractivity contribution in [3.05, 3.63) is 0 Å². The van der Waals surface area contributed by atoms with E-state index in [1.807, 2.05) is 0 Å². The van der Waals surface area contributed by atoms with Crippen LogP contribution in [0.4, 0.5) is 0 Å². The van der Waals surface area contributed by atoms with E-state index in [0.29, 0.717) is 11.3 Å². The minimum Gasteiger partial charge on any atom is -0.390 e. The predicted octanol–water partition coefficient (Wildman–Crippen LogP) is 4.16. The first-order valence-electron chi connectivity index (χ1n) is 8.53. The lowest BCUT2D eigenvalue weighted by atomic mass is 9.52. The number of aliphatic hydroxyl groups is 1. The predicted molar refractivity (Wildman–Crippen MR) is 81.6 cm³/mol. The molecule has 0 radical (unpaired) electrons. The summed E-state index contributed by atoms with van der Waals surface area (Å²) in [5, 5.41) is 10.7. The molecule has 0 aromatic heterocycles. The van der Waals surface area contributed by atoms with Gasteiger partial charge in [0.2, 0.25) is 0 Å². The molecular formula is C18H32O2. The van der Waals surface area contributed by atoms with Crippen LogP contribution in [0.2, 0.25) is 0 Å². The highest BCUT2D eigenvalue weighted by Gasteiger charge is 2.57. The molecule has 0 spiro atoms. The molecular weight excluding hydrogens is 248 g/mol. The van der Waals surface area contributed by atoms with Crippen LogP contribution in [0.3, 0.4) is 0 Å². The minimum atomic E-state index is -0.392. The van der Waals surface area contributed by atoms with Crippen molar-refractivity contribution in [1.29, 1.82) is 0 Å². The normalized spacial score (nSPS) is 44.9. The molecule has 2 nitrogen and oxygen atoms in total. The maximum absolute atomic E-state index is 10.7. The molecule has 116 valence electrons. The van der Waals surface area contributed by atoms with Crippen molar-refractivity contribution >= 4 is 0 Å². The Morgan fingerprint density at radius 2 is 1.75 bits per heavy atom. The molecule has 0 aromatic rings. The van der Waals surface area contributed by atoms with E-state index in [1.165, 1.54) is 25.7 Å². The fraction of sp³-hybridized carbons (Fsp3) is 1.00. The van der Waals surface area contributed by atoms with Gasteiger partial charge < -0.3 is 9.84 Å². The second-order valence-electron chi connectivity index (χ2n) is 9.55. The average molecular weight is 280 g/mol. The Kier molecular flexibility index (Phi) is 3.49. The highest BCUT2D eigenvalue weighted by atomic mass is 16.5. The fourth-order valence-electron chi connectivity index (χ4n) is 5.72. The third-order valence-corrected chi connectivity index (χ3v) is 5.61. The maximum Gasteiger partial charge on any atom is 0.0715 e. The van der Waals surface area contributed by atoms with Gasteiger partial charge in [-0.1, -0.05) is 27.7 Å². The minimum absolute atomic E-state index is 0.0188. The highest BCUT2D eigenvalue weighted by molar-refractivity contribution is 5.09. The van der Waals surface area contributed by atoms with E-state index in [0.717, 1.165) is 37.7 Å². The van der Waals surface area contributed by atoms with Crippen molar-refractivity contribution in [3.63, 3.8) is 0 Å². The number of ether oxygens (including phenoxy) is 1. The highest BCUT2D eigenvalue weighted by Crippen LogP contribution is 2.58. The van der Waals surface area contributed by atoms with Gasteiger partial charge in [0, 0.05) is 13.0 Å². The molecule has 4 aliphatic rings. The van der Waals surface area contributed by atoms with Crippen LogP contribution in [0.1, 0.15) is 72.6 Å². The molecule has 0 aliphatic heterocycles. The molecule has 4 bridgehead atoms. The number of rotatable bonds is 4. The second kappa shape index (κ2) is 4.71. The van der Waals surface area contributed by atoms with Crippen molar-refractivity contribution in [2.45, 2.75) is 83.8 Å². The van der Waals surface area contributed by atoms with E-state index in [9.17, 15) is 5.11 Å². The van der Waals surface area contributed by atoms with Crippen LogP contribution >= 0.6 is 0 Å². The van der Waals surface area contributed by atoms with Gasteiger partial charge in [0.15, 0.2) is 0 Å². The van der Waals surface area contributed by atoms with Crippen LogP contribution in [0.5, 0.6) is 0 Å². The van der Waals surface area contributed by atoms with Gasteiger partial charge in [-0.3, -0.25) is 0 Å². The monoisotopic (exact) mass is 280 g/mol. The molecule has 1 N–H and O–H groups in total. The van der Waals surface area contributed by atoms with E-state index in [2.05, 4.69) is 27.7 Å². The summed E-state index contributed by atoms with van der Waals surface area (Å²) in [4.78, 5) is 0. The summed E-state index contributed by atoms with van der Waals surface area (Å²) in [6, 6.07) is 0. The van der Waals surface area contributed by atoms with Gasteiger partial charge in [-0.25, -0.2) is 0 Å². The summed E-state index contributed by atoms with van der Waals surface area (Å²) in [6.07, 6.45) is 7.92. The summed E-state index contributed by atoms with van der Waals surface area (Å²) >= 11 is 0. The van der Waals surface area contributed by atoms with E-state index >= 15 is 0 Å². The maximum atomic E-state index is 10.7. The van der Waals surface area contributed by atoms with Crippen LogP contribution in [0.25, 0.3) is 0 Å². The second-order valence-corrected chi connectivity index (χ2v) is 9.55. The van der Waals surface area contributed by atoms with E-state index in [1.54, 1.807) is 0 Å². The lowest BCUT2D eigenvalue weighted by Gasteiger charge is -2.59. The Labute approximate surface area is 124 Å². The lowest BCUT2D eigenvalue weighted by Crippen LogP contribution is -2.60. The smallest absolute Gasteiger partial charge is 0.0715 e. The van der Waals surface area contributed by atoms with Crippen LogP contribution < -0.4 is 0 Å². The summed E-state index contributed by atoms with van der Waals surface area (Å²) in [5.41, 5.74) is 0.00474. The topological polar surface area (TPSA) is 29.5 Å². The third-order valence-electron chi connectivity index (χ3n) is 5.61. The van der Waals surface area contributed by atoms with E-state index in [-0.39, 0.29) is 5.60 Å². The van der Waals surface area contributed by atoms with Gasteiger partial charge in [-0.2, -0.15) is 0 Å². The zero-order valence-electron chi connectivity index (χ0n) is 13.7. The first-order chi connectivity index (χ1) is 9.17. The molecule has 4 saturated carbocycles. The Balaban J connectivity index is 1.60. The molecule has 0 amide bonds. The average Bonchev–Trinajstić information content (AvgIpc) is 2.20. The van der Waals surface area contributed by atoms with E-state index in [4.69, 9.17) is 4.74 Å². The Morgan fingerprint density at radius 1 is 1.15 bits per heavy atom. The van der Waals surface area contributed by atoms with Gasteiger partial charge in [0.25, 0.3) is 0 Å². The number of hydrogen-bond donors (Lipinski definition) is 1. The SMILES string of the molecule is CC(COC12CC3CC(CC(O)(C3)C1)C2)CC(C)(C)C. The molecule has 0 heterocycles.